The molecule has 1 aromatic carbocycles. The van der Waals surface area contributed by atoms with Crippen LogP contribution in [0.25, 0.3) is 10.9 Å². The van der Waals surface area contributed by atoms with Gasteiger partial charge in [-0.2, -0.15) is 0 Å². The number of amides is 3. The van der Waals surface area contributed by atoms with Crippen molar-refractivity contribution in [3.8, 4) is 0 Å². The lowest BCUT2D eigenvalue weighted by atomic mass is 9.99. The minimum absolute atomic E-state index is 0.0483. The Balaban J connectivity index is 2.20. The van der Waals surface area contributed by atoms with Gasteiger partial charge in [-0.1, -0.05) is 38.5 Å². The maximum absolute atomic E-state index is 13.4. The van der Waals surface area contributed by atoms with E-state index in [2.05, 4.69) is 25.9 Å². The van der Waals surface area contributed by atoms with Crippen LogP contribution >= 0.6 is 0 Å². The number of carboxylic acid groups (broad SMARTS) is 1. The number of carboxylic acids is 1. The average molecular weight is 561 g/mol. The van der Waals surface area contributed by atoms with Crippen molar-refractivity contribution in [1.29, 1.82) is 0 Å². The van der Waals surface area contributed by atoms with Gasteiger partial charge in [-0.15, -0.1) is 0 Å². The standard InChI is InChI=1S/C26H40N8O6/c1-3-14(2)21(25(39)40)34-24(38)20(13-35)33-23(37)19(11-15-12-31-18-9-5-4-7-16(15)18)32-22(36)17(27)8-6-10-30-26(28)29/h4-5,7,9,12,14,17,19-21,31,35H,3,6,8,10-11,13,27H2,1-2H3,(H,32,36)(H,33,37)(H,34,38)(H,39,40)(H4,28,29,30). The highest BCUT2D eigenvalue weighted by Gasteiger charge is 2.32. The second-order valence-corrected chi connectivity index (χ2v) is 9.63. The quantitative estimate of drug-likeness (QED) is 0.0669. The second kappa shape index (κ2) is 15.4. The first-order chi connectivity index (χ1) is 19.0. The number of fused-ring (bicyclic) bond motifs is 1. The van der Waals surface area contributed by atoms with Crippen molar-refractivity contribution in [2.45, 2.75) is 63.7 Å². The van der Waals surface area contributed by atoms with Gasteiger partial charge in [-0.05, 0) is 30.4 Å². The number of H-pyrrole nitrogens is 1. The first-order valence-corrected chi connectivity index (χ1v) is 13.1. The molecule has 5 unspecified atom stereocenters. The number of carbonyl (C=O) groups excluding carboxylic acids is 3. The van der Waals surface area contributed by atoms with Crippen molar-refractivity contribution in [3.05, 3.63) is 36.0 Å². The predicted molar refractivity (Wildman–Crippen MR) is 150 cm³/mol. The van der Waals surface area contributed by atoms with Gasteiger partial charge in [-0.3, -0.25) is 19.4 Å². The first-order valence-electron chi connectivity index (χ1n) is 13.1. The van der Waals surface area contributed by atoms with E-state index in [1.54, 1.807) is 20.0 Å². The largest absolute Gasteiger partial charge is 0.480 e. The molecular formula is C26H40N8O6. The third-order valence-electron chi connectivity index (χ3n) is 6.63. The number of nitrogens with one attached hydrogen (secondary N) is 4. The highest BCUT2D eigenvalue weighted by molar-refractivity contribution is 5.95. The fourth-order valence-corrected chi connectivity index (χ4v) is 4.06. The van der Waals surface area contributed by atoms with E-state index in [9.17, 15) is 29.4 Å². The van der Waals surface area contributed by atoms with E-state index in [1.165, 1.54) is 0 Å². The van der Waals surface area contributed by atoms with Crippen molar-refractivity contribution in [1.82, 2.24) is 20.9 Å². The molecule has 0 fully saturated rings. The molecule has 0 bridgehead atoms. The summed E-state index contributed by atoms with van der Waals surface area (Å²) in [6, 6.07) is 2.63. The molecule has 40 heavy (non-hydrogen) atoms. The molecule has 5 atom stereocenters. The van der Waals surface area contributed by atoms with Crippen molar-refractivity contribution >= 4 is 40.6 Å². The number of aromatic amines is 1. The number of nitrogens with two attached hydrogens (primary N) is 3. The zero-order chi connectivity index (χ0) is 29.8. The second-order valence-electron chi connectivity index (χ2n) is 9.63. The van der Waals surface area contributed by atoms with Crippen molar-refractivity contribution < 1.29 is 29.4 Å². The smallest absolute Gasteiger partial charge is 0.326 e. The van der Waals surface area contributed by atoms with Gasteiger partial charge in [0.2, 0.25) is 17.7 Å². The number of hydrogen-bond donors (Lipinski definition) is 9. The minimum Gasteiger partial charge on any atom is -0.480 e. The molecule has 220 valence electrons. The van der Waals surface area contributed by atoms with Gasteiger partial charge in [0.1, 0.15) is 18.1 Å². The zero-order valence-electron chi connectivity index (χ0n) is 22.7. The van der Waals surface area contributed by atoms with Gasteiger partial charge >= 0.3 is 5.97 Å². The Bertz CT molecular complexity index is 1190. The maximum atomic E-state index is 13.4. The lowest BCUT2D eigenvalue weighted by Gasteiger charge is -2.25. The van der Waals surface area contributed by atoms with Crippen LogP contribution in [0.5, 0.6) is 0 Å². The number of hydrogen-bond acceptors (Lipinski definition) is 7. The molecule has 2 rings (SSSR count). The molecule has 0 aliphatic carbocycles. The molecule has 3 amide bonds. The SMILES string of the molecule is CCC(C)C(NC(=O)C(CO)NC(=O)C(Cc1c[nH]c2ccccc12)NC(=O)C(N)CCCN=C(N)N)C(=O)O. The zero-order valence-corrected chi connectivity index (χ0v) is 22.7. The minimum atomic E-state index is -1.45. The van der Waals surface area contributed by atoms with Gasteiger partial charge in [0.05, 0.1) is 12.6 Å². The summed E-state index contributed by atoms with van der Waals surface area (Å²) in [5, 5.41) is 27.6. The highest BCUT2D eigenvalue weighted by atomic mass is 16.4. The number of aromatic nitrogens is 1. The Morgan fingerprint density at radius 2 is 1.68 bits per heavy atom. The fourth-order valence-electron chi connectivity index (χ4n) is 4.06. The van der Waals surface area contributed by atoms with E-state index in [1.807, 2.05) is 24.3 Å². The Kier molecular flexibility index (Phi) is 12.4. The molecule has 2 aromatic rings. The van der Waals surface area contributed by atoms with Crippen LogP contribution in [-0.4, -0.2) is 82.2 Å². The molecule has 0 radical (unpaired) electrons. The van der Waals surface area contributed by atoms with Gasteiger partial charge in [0.15, 0.2) is 5.96 Å². The molecule has 0 saturated heterocycles. The summed E-state index contributed by atoms with van der Waals surface area (Å²) in [5.41, 5.74) is 18.2. The number of aliphatic hydroxyl groups excluding tert-OH is 1. The van der Waals surface area contributed by atoms with Gasteiger partial charge in [-0.25, -0.2) is 4.79 Å². The molecular weight excluding hydrogens is 520 g/mol. The Hall–Kier alpha value is -4.17. The van der Waals surface area contributed by atoms with Crippen LogP contribution in [0.2, 0.25) is 0 Å². The first kappa shape index (κ1) is 32.0. The molecule has 14 heteroatoms. The normalized spacial score (nSPS) is 14.8. The summed E-state index contributed by atoms with van der Waals surface area (Å²) < 4.78 is 0. The maximum Gasteiger partial charge on any atom is 0.326 e. The summed E-state index contributed by atoms with van der Waals surface area (Å²) in [4.78, 5) is 57.6. The molecule has 0 saturated carbocycles. The Labute approximate surface area is 232 Å². The lowest BCUT2D eigenvalue weighted by Crippen LogP contribution is -2.59. The van der Waals surface area contributed by atoms with Crippen LogP contribution in [0, 0.1) is 5.92 Å². The average Bonchev–Trinajstić information content (AvgIpc) is 3.33. The molecule has 1 aromatic heterocycles. The van der Waals surface area contributed by atoms with Gasteiger partial charge < -0.3 is 48.3 Å². The number of aliphatic imine (C=N–C) groups is 1. The Morgan fingerprint density at radius 1 is 1.02 bits per heavy atom. The van der Waals surface area contributed by atoms with Crippen LogP contribution in [0.3, 0.4) is 0 Å². The molecule has 0 aliphatic heterocycles. The molecule has 0 spiro atoms. The fraction of sp³-hybridized carbons (Fsp3) is 0.500. The number of carbonyl (C=O) groups is 4. The van der Waals surface area contributed by atoms with E-state index >= 15 is 0 Å². The van der Waals surface area contributed by atoms with Crippen LogP contribution in [0.15, 0.2) is 35.5 Å². The van der Waals surface area contributed by atoms with E-state index in [0.29, 0.717) is 12.8 Å². The molecule has 1 heterocycles. The summed E-state index contributed by atoms with van der Waals surface area (Å²) in [5.74, 6) is -3.91. The summed E-state index contributed by atoms with van der Waals surface area (Å²) in [7, 11) is 0. The third kappa shape index (κ3) is 9.24. The number of guanidine groups is 1. The number of rotatable bonds is 16. The number of para-hydroxylation sites is 1. The van der Waals surface area contributed by atoms with Gasteiger partial charge in [0.25, 0.3) is 0 Å². The number of benzene rings is 1. The summed E-state index contributed by atoms with van der Waals surface area (Å²) in [6.45, 7) is 2.94. The summed E-state index contributed by atoms with van der Waals surface area (Å²) in [6.07, 6.45) is 2.93. The van der Waals surface area contributed by atoms with Crippen molar-refractivity contribution in [2.75, 3.05) is 13.2 Å². The lowest BCUT2D eigenvalue weighted by molar-refractivity contribution is -0.144. The predicted octanol–water partition coefficient (Wildman–Crippen LogP) is -1.33. The highest BCUT2D eigenvalue weighted by Crippen LogP contribution is 2.19. The van der Waals surface area contributed by atoms with E-state index in [4.69, 9.17) is 17.2 Å². The van der Waals surface area contributed by atoms with Crippen molar-refractivity contribution in [2.24, 2.45) is 28.1 Å². The summed E-state index contributed by atoms with van der Waals surface area (Å²) >= 11 is 0. The van der Waals surface area contributed by atoms with Crippen LogP contribution in [-0.2, 0) is 25.6 Å². The number of aliphatic carboxylic acids is 1. The molecule has 12 N–H and O–H groups in total. The van der Waals surface area contributed by atoms with Crippen molar-refractivity contribution in [3.63, 3.8) is 0 Å². The molecule has 0 aliphatic rings. The number of aliphatic hydroxyl groups is 1. The van der Waals surface area contributed by atoms with Crippen LogP contribution in [0.1, 0.15) is 38.7 Å². The van der Waals surface area contributed by atoms with Gasteiger partial charge in [0, 0.05) is 30.1 Å². The monoisotopic (exact) mass is 560 g/mol. The Morgan fingerprint density at radius 3 is 2.30 bits per heavy atom. The van der Waals surface area contributed by atoms with E-state index in [-0.39, 0.29) is 31.3 Å². The van der Waals surface area contributed by atoms with E-state index < -0.39 is 54.5 Å². The van der Waals surface area contributed by atoms with E-state index in [0.717, 1.165) is 16.5 Å². The molecule has 14 nitrogen and oxygen atoms in total. The topological polar surface area (TPSA) is 251 Å². The van der Waals surface area contributed by atoms with Crippen LogP contribution in [0.4, 0.5) is 0 Å². The third-order valence-corrected chi connectivity index (χ3v) is 6.63. The van der Waals surface area contributed by atoms with Crippen LogP contribution < -0.4 is 33.2 Å². The number of nitrogens with zero attached hydrogens (tertiary/aromatic N) is 1.